The lowest BCUT2D eigenvalue weighted by Crippen LogP contribution is -2.29. The van der Waals surface area contributed by atoms with Gasteiger partial charge in [-0.15, -0.1) is 0 Å². The first-order valence-electron chi connectivity index (χ1n) is 4.57. The second-order valence-corrected chi connectivity index (χ2v) is 4.50. The molecule has 1 N–H and O–H groups in total. The Morgan fingerprint density at radius 3 is 1.82 bits per heavy atom. The van der Waals surface area contributed by atoms with Gasteiger partial charge in [0.2, 0.25) is 0 Å². The van der Waals surface area contributed by atoms with E-state index in [1.54, 1.807) is 0 Å². The number of aliphatic hydroxyl groups excluding tert-OH is 1. The second-order valence-electron chi connectivity index (χ2n) is 4.50. The van der Waals surface area contributed by atoms with Crippen molar-refractivity contribution >= 4 is 0 Å². The maximum atomic E-state index is 9.48. The summed E-state index contributed by atoms with van der Waals surface area (Å²) in [6.45, 7) is 10.6. The molecule has 0 saturated heterocycles. The number of hydrogen-bond acceptors (Lipinski definition) is 1. The van der Waals surface area contributed by atoms with Gasteiger partial charge in [-0.1, -0.05) is 34.1 Å². The highest BCUT2D eigenvalue weighted by Gasteiger charge is 2.27. The summed E-state index contributed by atoms with van der Waals surface area (Å²) in [5, 5.41) is 9.48. The Labute approximate surface area is 70.8 Å². The molecule has 0 bridgehead atoms. The predicted octanol–water partition coefficient (Wildman–Crippen LogP) is 2.83. The fourth-order valence-electron chi connectivity index (χ4n) is 1.71. The van der Waals surface area contributed by atoms with Crippen molar-refractivity contribution in [2.45, 2.75) is 53.6 Å². The van der Waals surface area contributed by atoms with Crippen LogP contribution in [0.25, 0.3) is 0 Å². The summed E-state index contributed by atoms with van der Waals surface area (Å²) in [6.07, 6.45) is 2.11. The average molecular weight is 158 g/mol. The van der Waals surface area contributed by atoms with Crippen LogP contribution in [-0.4, -0.2) is 11.2 Å². The van der Waals surface area contributed by atoms with Gasteiger partial charge in [-0.3, -0.25) is 0 Å². The molecule has 0 aliphatic heterocycles. The lowest BCUT2D eigenvalue weighted by atomic mass is 9.75. The predicted molar refractivity (Wildman–Crippen MR) is 49.5 cm³/mol. The Hall–Kier alpha value is -0.0400. The highest BCUT2D eigenvalue weighted by Crippen LogP contribution is 2.32. The molecule has 2 atom stereocenters. The molecule has 2 unspecified atom stereocenters. The zero-order chi connectivity index (χ0) is 9.07. The van der Waals surface area contributed by atoms with Crippen LogP contribution in [0.4, 0.5) is 0 Å². The van der Waals surface area contributed by atoms with Gasteiger partial charge < -0.3 is 5.11 Å². The highest BCUT2D eigenvalue weighted by atomic mass is 16.3. The first-order valence-corrected chi connectivity index (χ1v) is 4.57. The minimum atomic E-state index is -0.171. The van der Waals surface area contributed by atoms with E-state index in [1.165, 1.54) is 0 Å². The van der Waals surface area contributed by atoms with E-state index in [0.29, 0.717) is 5.92 Å². The smallest absolute Gasteiger partial charge is 0.0545 e. The van der Waals surface area contributed by atoms with Crippen LogP contribution in [0.5, 0.6) is 0 Å². The molecule has 0 saturated carbocycles. The third-order valence-electron chi connectivity index (χ3n) is 2.29. The molecule has 0 aromatic carbocycles. The summed E-state index contributed by atoms with van der Waals surface area (Å²) >= 11 is 0. The van der Waals surface area contributed by atoms with Gasteiger partial charge in [0.1, 0.15) is 0 Å². The van der Waals surface area contributed by atoms with E-state index < -0.39 is 0 Å². The zero-order valence-corrected chi connectivity index (χ0v) is 8.52. The van der Waals surface area contributed by atoms with E-state index in [1.807, 2.05) is 6.92 Å². The zero-order valence-electron chi connectivity index (χ0n) is 8.52. The summed E-state index contributed by atoms with van der Waals surface area (Å²) in [5.74, 6) is 0.437. The molecule has 0 aliphatic carbocycles. The molecule has 0 aliphatic rings. The van der Waals surface area contributed by atoms with Gasteiger partial charge >= 0.3 is 0 Å². The van der Waals surface area contributed by atoms with Crippen LogP contribution < -0.4 is 0 Å². The number of hydrogen-bond donors (Lipinski definition) is 1. The lowest BCUT2D eigenvalue weighted by molar-refractivity contribution is 0.0500. The highest BCUT2D eigenvalue weighted by molar-refractivity contribution is 4.77. The SMILES string of the molecule is CCCC(C(C)O)C(C)(C)C. The van der Waals surface area contributed by atoms with Crippen molar-refractivity contribution < 1.29 is 5.11 Å². The number of aliphatic hydroxyl groups is 1. The fourth-order valence-corrected chi connectivity index (χ4v) is 1.71. The van der Waals surface area contributed by atoms with Gasteiger partial charge in [-0.2, -0.15) is 0 Å². The van der Waals surface area contributed by atoms with Gasteiger partial charge in [0, 0.05) is 0 Å². The first kappa shape index (κ1) is 11.0. The maximum absolute atomic E-state index is 9.48. The fraction of sp³-hybridized carbons (Fsp3) is 1.00. The molecule has 68 valence electrons. The molecule has 1 nitrogen and oxygen atoms in total. The van der Waals surface area contributed by atoms with Crippen molar-refractivity contribution in [3.8, 4) is 0 Å². The van der Waals surface area contributed by atoms with Crippen molar-refractivity contribution in [2.75, 3.05) is 0 Å². The van der Waals surface area contributed by atoms with Crippen LogP contribution in [0, 0.1) is 11.3 Å². The standard InChI is InChI=1S/C10H22O/c1-6-7-9(8(2)11)10(3,4)5/h8-9,11H,6-7H2,1-5H3. The molecular weight excluding hydrogens is 136 g/mol. The summed E-state index contributed by atoms with van der Waals surface area (Å²) in [5.41, 5.74) is 0.240. The Balaban J connectivity index is 4.10. The molecule has 0 spiro atoms. The van der Waals surface area contributed by atoms with E-state index in [4.69, 9.17) is 0 Å². The van der Waals surface area contributed by atoms with Crippen LogP contribution in [0.15, 0.2) is 0 Å². The number of rotatable bonds is 3. The molecule has 0 fully saturated rings. The van der Waals surface area contributed by atoms with Crippen LogP contribution >= 0.6 is 0 Å². The quantitative estimate of drug-likeness (QED) is 0.669. The Morgan fingerprint density at radius 1 is 1.27 bits per heavy atom. The molecular formula is C10H22O. The van der Waals surface area contributed by atoms with E-state index in [-0.39, 0.29) is 11.5 Å². The normalized spacial score (nSPS) is 18.0. The minimum Gasteiger partial charge on any atom is -0.393 e. The molecule has 0 heterocycles. The summed E-state index contributed by atoms with van der Waals surface area (Å²) in [4.78, 5) is 0. The summed E-state index contributed by atoms with van der Waals surface area (Å²) < 4.78 is 0. The van der Waals surface area contributed by atoms with Crippen LogP contribution in [0.3, 0.4) is 0 Å². The summed E-state index contributed by atoms with van der Waals surface area (Å²) in [6, 6.07) is 0. The van der Waals surface area contributed by atoms with Crippen molar-refractivity contribution in [3.05, 3.63) is 0 Å². The molecule has 0 amide bonds. The monoisotopic (exact) mass is 158 g/mol. The van der Waals surface area contributed by atoms with Gasteiger partial charge in [-0.25, -0.2) is 0 Å². The average Bonchev–Trinajstić information content (AvgIpc) is 1.79. The minimum absolute atomic E-state index is 0.171. The third-order valence-corrected chi connectivity index (χ3v) is 2.29. The second kappa shape index (κ2) is 4.10. The molecule has 0 aromatic heterocycles. The topological polar surface area (TPSA) is 20.2 Å². The van der Waals surface area contributed by atoms with Gasteiger partial charge in [0.05, 0.1) is 6.10 Å². The van der Waals surface area contributed by atoms with Gasteiger partial charge in [0.25, 0.3) is 0 Å². The van der Waals surface area contributed by atoms with Crippen molar-refractivity contribution in [1.82, 2.24) is 0 Å². The summed E-state index contributed by atoms with van der Waals surface area (Å²) in [7, 11) is 0. The Bertz CT molecular complexity index is 99.9. The van der Waals surface area contributed by atoms with Crippen molar-refractivity contribution in [2.24, 2.45) is 11.3 Å². The Kier molecular flexibility index (Phi) is 4.09. The molecule has 0 radical (unpaired) electrons. The molecule has 0 rings (SSSR count). The van der Waals surface area contributed by atoms with Gasteiger partial charge in [-0.05, 0) is 24.7 Å². The Morgan fingerprint density at radius 2 is 1.73 bits per heavy atom. The van der Waals surface area contributed by atoms with Crippen LogP contribution in [0.1, 0.15) is 47.5 Å². The maximum Gasteiger partial charge on any atom is 0.0545 e. The molecule has 11 heavy (non-hydrogen) atoms. The third kappa shape index (κ3) is 3.76. The lowest BCUT2D eigenvalue weighted by Gasteiger charge is -2.32. The van der Waals surface area contributed by atoms with Crippen LogP contribution in [-0.2, 0) is 0 Å². The van der Waals surface area contributed by atoms with E-state index in [2.05, 4.69) is 27.7 Å². The van der Waals surface area contributed by atoms with Gasteiger partial charge in [0.15, 0.2) is 0 Å². The van der Waals surface area contributed by atoms with Crippen LogP contribution in [0.2, 0.25) is 0 Å². The van der Waals surface area contributed by atoms with Crippen molar-refractivity contribution in [1.29, 1.82) is 0 Å². The largest absolute Gasteiger partial charge is 0.393 e. The van der Waals surface area contributed by atoms with Crippen molar-refractivity contribution in [3.63, 3.8) is 0 Å². The van der Waals surface area contributed by atoms with E-state index in [9.17, 15) is 5.11 Å². The van der Waals surface area contributed by atoms with E-state index in [0.717, 1.165) is 12.8 Å². The first-order chi connectivity index (χ1) is 4.89. The molecule has 0 aromatic rings. The molecule has 1 heteroatoms. The van der Waals surface area contributed by atoms with E-state index >= 15 is 0 Å².